The number of nitrogens with one attached hydrogen (secondary N) is 1. The van der Waals surface area contributed by atoms with Crippen LogP contribution in [0.15, 0.2) is 12.4 Å². The molecule has 0 aromatic carbocycles. The van der Waals surface area contributed by atoms with Gasteiger partial charge in [-0.05, 0) is 57.5 Å². The summed E-state index contributed by atoms with van der Waals surface area (Å²) in [7, 11) is 1.91. The van der Waals surface area contributed by atoms with Crippen molar-refractivity contribution in [3.05, 3.63) is 18.0 Å². The van der Waals surface area contributed by atoms with E-state index >= 15 is 0 Å². The number of aliphatic hydroxyl groups excluding tert-OH is 1. The van der Waals surface area contributed by atoms with Crippen molar-refractivity contribution >= 4 is 5.91 Å². The second-order valence-corrected chi connectivity index (χ2v) is 8.92. The molecule has 1 aromatic heterocycles. The average molecular weight is 375 g/mol. The number of amides is 1. The van der Waals surface area contributed by atoms with Crippen LogP contribution in [0.2, 0.25) is 0 Å². The van der Waals surface area contributed by atoms with Crippen LogP contribution < -0.4 is 5.32 Å². The van der Waals surface area contributed by atoms with Crippen LogP contribution in [0.4, 0.5) is 0 Å². The van der Waals surface area contributed by atoms with E-state index in [1.165, 1.54) is 25.7 Å². The van der Waals surface area contributed by atoms with Gasteiger partial charge in [-0.2, -0.15) is 5.10 Å². The third-order valence-electron chi connectivity index (χ3n) is 7.06. The third kappa shape index (κ3) is 3.79. The van der Waals surface area contributed by atoms with E-state index in [9.17, 15) is 9.90 Å². The van der Waals surface area contributed by atoms with Crippen molar-refractivity contribution in [1.29, 1.82) is 0 Å². The fourth-order valence-corrected chi connectivity index (χ4v) is 5.40. The number of rotatable bonds is 5. The van der Waals surface area contributed by atoms with E-state index in [-0.39, 0.29) is 23.6 Å². The normalized spacial score (nSPS) is 29.7. The topological polar surface area (TPSA) is 70.4 Å². The zero-order valence-corrected chi connectivity index (χ0v) is 16.6. The first kappa shape index (κ1) is 18.9. The maximum Gasteiger partial charge on any atom is 0.241 e. The van der Waals surface area contributed by atoms with Crippen LogP contribution in [0, 0.1) is 5.92 Å². The molecule has 0 radical (unpaired) electrons. The first-order chi connectivity index (χ1) is 13.1. The van der Waals surface area contributed by atoms with Gasteiger partial charge in [-0.3, -0.25) is 14.4 Å². The highest BCUT2D eigenvalue weighted by molar-refractivity contribution is 5.87. The van der Waals surface area contributed by atoms with E-state index in [2.05, 4.69) is 15.3 Å². The first-order valence-electron chi connectivity index (χ1n) is 10.8. The lowest BCUT2D eigenvalue weighted by Gasteiger charge is -2.48. The van der Waals surface area contributed by atoms with Gasteiger partial charge >= 0.3 is 0 Å². The molecule has 0 bridgehead atoms. The smallest absolute Gasteiger partial charge is 0.241 e. The number of aliphatic hydroxyl groups is 1. The van der Waals surface area contributed by atoms with Crippen molar-refractivity contribution in [2.45, 2.75) is 81.9 Å². The number of carbonyl (C=O) groups excluding carboxylic acids is 1. The molecule has 2 N–H and O–H groups in total. The molecule has 6 heteroatoms. The van der Waals surface area contributed by atoms with Crippen molar-refractivity contribution in [3.63, 3.8) is 0 Å². The zero-order chi connectivity index (χ0) is 18.9. The Morgan fingerprint density at radius 1 is 1.19 bits per heavy atom. The van der Waals surface area contributed by atoms with E-state index in [0.717, 1.165) is 57.2 Å². The maximum absolute atomic E-state index is 13.7. The molecule has 0 unspecified atom stereocenters. The highest BCUT2D eigenvalue weighted by Gasteiger charge is 2.47. The number of aromatic nitrogens is 2. The van der Waals surface area contributed by atoms with Gasteiger partial charge < -0.3 is 10.4 Å². The third-order valence-corrected chi connectivity index (χ3v) is 7.06. The minimum Gasteiger partial charge on any atom is -0.393 e. The molecule has 1 aromatic rings. The molecular formula is C21H34N4O2. The van der Waals surface area contributed by atoms with Gasteiger partial charge in [0.1, 0.15) is 5.54 Å². The predicted molar refractivity (Wildman–Crippen MR) is 104 cm³/mol. The molecule has 1 saturated heterocycles. The number of likely N-dealkylation sites (tertiary alicyclic amines) is 1. The summed E-state index contributed by atoms with van der Waals surface area (Å²) in [4.78, 5) is 16.2. The highest BCUT2D eigenvalue weighted by atomic mass is 16.3. The van der Waals surface area contributed by atoms with Crippen LogP contribution in [0.3, 0.4) is 0 Å². The molecule has 1 amide bonds. The molecule has 1 atom stereocenters. The van der Waals surface area contributed by atoms with Gasteiger partial charge in [-0.1, -0.05) is 25.7 Å². The Balaban J connectivity index is 1.55. The second kappa shape index (κ2) is 7.92. The predicted octanol–water partition coefficient (Wildman–Crippen LogP) is 2.54. The Hall–Kier alpha value is -1.40. The summed E-state index contributed by atoms with van der Waals surface area (Å²) in [6, 6.07) is -0.0433. The molecule has 1 aliphatic heterocycles. The van der Waals surface area contributed by atoms with Gasteiger partial charge in [0.25, 0.3) is 0 Å². The van der Waals surface area contributed by atoms with Crippen LogP contribution in [0.1, 0.15) is 75.8 Å². The van der Waals surface area contributed by atoms with Gasteiger partial charge in [-0.25, -0.2) is 0 Å². The molecular weight excluding hydrogens is 340 g/mol. The summed E-state index contributed by atoms with van der Waals surface area (Å²) in [5.74, 6) is 0.509. The Labute approximate surface area is 162 Å². The quantitative estimate of drug-likeness (QED) is 0.831. The molecule has 3 fully saturated rings. The van der Waals surface area contributed by atoms with Gasteiger partial charge in [0, 0.05) is 18.8 Å². The molecule has 27 heavy (non-hydrogen) atoms. The lowest BCUT2D eigenvalue weighted by molar-refractivity contribution is -0.139. The Kier molecular flexibility index (Phi) is 5.55. The van der Waals surface area contributed by atoms with Crippen molar-refractivity contribution in [1.82, 2.24) is 20.0 Å². The lowest BCUT2D eigenvalue weighted by atomic mass is 9.74. The van der Waals surface area contributed by atoms with Crippen LogP contribution >= 0.6 is 0 Å². The van der Waals surface area contributed by atoms with Crippen molar-refractivity contribution in [2.24, 2.45) is 13.0 Å². The molecule has 6 nitrogen and oxygen atoms in total. The monoisotopic (exact) mass is 374 g/mol. The zero-order valence-electron chi connectivity index (χ0n) is 16.6. The number of hydrogen-bond acceptors (Lipinski definition) is 4. The van der Waals surface area contributed by atoms with E-state index in [0.29, 0.717) is 5.92 Å². The van der Waals surface area contributed by atoms with Crippen molar-refractivity contribution in [3.8, 4) is 0 Å². The van der Waals surface area contributed by atoms with Crippen LogP contribution in [0.5, 0.6) is 0 Å². The van der Waals surface area contributed by atoms with Crippen LogP contribution in [0.25, 0.3) is 0 Å². The highest BCUT2D eigenvalue weighted by Crippen LogP contribution is 2.40. The molecule has 3 aliphatic rings. The molecule has 2 aliphatic carbocycles. The SMILES string of the molecule is Cn1cc([C@@H](NC(=O)C2(N3CCCCC3)CCCCC2)C2CC(O)C2)cn1. The largest absolute Gasteiger partial charge is 0.393 e. The van der Waals surface area contributed by atoms with E-state index in [4.69, 9.17) is 0 Å². The molecule has 0 spiro atoms. The molecule has 4 rings (SSSR count). The van der Waals surface area contributed by atoms with Gasteiger partial charge in [-0.15, -0.1) is 0 Å². The molecule has 2 saturated carbocycles. The summed E-state index contributed by atoms with van der Waals surface area (Å²) in [6.45, 7) is 2.10. The van der Waals surface area contributed by atoms with Crippen molar-refractivity contribution < 1.29 is 9.90 Å². The standard InChI is InChI=1S/C21H34N4O2/c1-24-15-17(14-22-24)19(16-12-18(26)13-16)23-20(27)21(8-4-2-5-9-21)25-10-6-3-7-11-25/h14-16,18-19,26H,2-13H2,1H3,(H,23,27)/t16?,18?,19-/m0/s1. The van der Waals surface area contributed by atoms with Gasteiger partial charge in [0.05, 0.1) is 18.3 Å². The number of nitrogens with zero attached hydrogens (tertiary/aromatic N) is 3. The maximum atomic E-state index is 13.7. The number of aryl methyl sites for hydroxylation is 1. The average Bonchev–Trinajstić information content (AvgIpc) is 3.11. The Bertz CT molecular complexity index is 640. The van der Waals surface area contributed by atoms with Gasteiger partial charge in [0.2, 0.25) is 5.91 Å². The fourth-order valence-electron chi connectivity index (χ4n) is 5.40. The minimum absolute atomic E-state index is 0.0433. The van der Waals surface area contributed by atoms with Gasteiger partial charge in [0.15, 0.2) is 0 Å². The van der Waals surface area contributed by atoms with E-state index < -0.39 is 0 Å². The number of piperidine rings is 1. The summed E-state index contributed by atoms with van der Waals surface area (Å²) >= 11 is 0. The first-order valence-corrected chi connectivity index (χ1v) is 10.8. The summed E-state index contributed by atoms with van der Waals surface area (Å²) in [6.07, 6.45) is 14.3. The summed E-state index contributed by atoms with van der Waals surface area (Å²) < 4.78 is 1.80. The van der Waals surface area contributed by atoms with Crippen molar-refractivity contribution in [2.75, 3.05) is 13.1 Å². The minimum atomic E-state index is -0.332. The van der Waals surface area contributed by atoms with Crippen LogP contribution in [-0.2, 0) is 11.8 Å². The summed E-state index contributed by atoms with van der Waals surface area (Å²) in [5.41, 5.74) is 0.731. The Morgan fingerprint density at radius 3 is 2.44 bits per heavy atom. The Morgan fingerprint density at radius 2 is 1.85 bits per heavy atom. The lowest BCUT2D eigenvalue weighted by Crippen LogP contribution is -2.62. The van der Waals surface area contributed by atoms with E-state index in [1.807, 2.05) is 19.4 Å². The number of carbonyl (C=O) groups is 1. The number of hydrogen-bond donors (Lipinski definition) is 2. The molecule has 2 heterocycles. The second-order valence-electron chi connectivity index (χ2n) is 8.92. The van der Waals surface area contributed by atoms with Crippen LogP contribution in [-0.4, -0.2) is 50.4 Å². The summed E-state index contributed by atoms with van der Waals surface area (Å²) in [5, 5.41) is 17.6. The molecule has 150 valence electrons. The fraction of sp³-hybridized carbons (Fsp3) is 0.810. The van der Waals surface area contributed by atoms with E-state index in [1.54, 1.807) is 4.68 Å².